The van der Waals surface area contributed by atoms with Crippen molar-refractivity contribution in [2.75, 3.05) is 19.6 Å². The highest BCUT2D eigenvalue weighted by atomic mass is 32.1. The van der Waals surface area contributed by atoms with E-state index < -0.39 is 0 Å². The first kappa shape index (κ1) is 14.0. The normalized spacial score (nSPS) is 23.8. The van der Waals surface area contributed by atoms with E-state index in [1.165, 1.54) is 24.8 Å². The van der Waals surface area contributed by atoms with Gasteiger partial charge in [-0.15, -0.1) is 0 Å². The van der Waals surface area contributed by atoms with Crippen molar-refractivity contribution in [1.82, 2.24) is 10.2 Å². The summed E-state index contributed by atoms with van der Waals surface area (Å²) in [6, 6.07) is 2.55. The van der Waals surface area contributed by atoms with Gasteiger partial charge in [0, 0.05) is 25.6 Å². The van der Waals surface area contributed by atoms with Crippen LogP contribution < -0.4 is 11.1 Å². The molecule has 4 nitrogen and oxygen atoms in total. The quantitative estimate of drug-likeness (QED) is 0.866. The van der Waals surface area contributed by atoms with Gasteiger partial charge in [0.15, 0.2) is 0 Å². The van der Waals surface area contributed by atoms with E-state index >= 15 is 0 Å². The van der Waals surface area contributed by atoms with E-state index in [1.54, 1.807) is 11.3 Å². The highest BCUT2D eigenvalue weighted by Gasteiger charge is 2.57. The molecule has 1 aliphatic carbocycles. The van der Waals surface area contributed by atoms with Crippen LogP contribution in [0.1, 0.15) is 31.2 Å². The summed E-state index contributed by atoms with van der Waals surface area (Å²) in [6.07, 6.45) is 4.05. The van der Waals surface area contributed by atoms with E-state index in [1.807, 2.05) is 0 Å². The summed E-state index contributed by atoms with van der Waals surface area (Å²) >= 11 is 1.69. The third-order valence-electron chi connectivity index (χ3n) is 4.73. The molecule has 0 radical (unpaired) electrons. The minimum atomic E-state index is 0.221. The zero-order chi connectivity index (χ0) is 14.0. The first-order chi connectivity index (χ1) is 9.75. The lowest BCUT2D eigenvalue weighted by Gasteiger charge is -2.29. The van der Waals surface area contributed by atoms with E-state index in [9.17, 15) is 4.79 Å². The maximum absolute atomic E-state index is 12.4. The molecule has 1 aromatic rings. The average Bonchev–Trinajstić information content (AvgIpc) is 2.90. The van der Waals surface area contributed by atoms with Crippen molar-refractivity contribution >= 4 is 17.2 Å². The molecule has 0 aromatic carbocycles. The standard InChI is InChI=1S/C15H23N3OS/c16-5-1-14(19)18(10-12-2-8-20-11-12)13-9-15(13)3-6-17-7-4-15/h2,8,11,13,17H,1,3-7,9-10,16H2. The molecule has 1 aliphatic heterocycles. The summed E-state index contributed by atoms with van der Waals surface area (Å²) in [5, 5.41) is 7.63. The van der Waals surface area contributed by atoms with Gasteiger partial charge in [-0.1, -0.05) is 0 Å². The molecular formula is C15H23N3OS. The van der Waals surface area contributed by atoms with Crippen molar-refractivity contribution in [1.29, 1.82) is 0 Å². The van der Waals surface area contributed by atoms with E-state index in [4.69, 9.17) is 5.73 Å². The topological polar surface area (TPSA) is 58.4 Å². The molecule has 1 amide bonds. The van der Waals surface area contributed by atoms with Crippen LogP contribution in [-0.4, -0.2) is 36.5 Å². The second-order valence-electron chi connectivity index (χ2n) is 6.02. The molecule has 5 heteroatoms. The van der Waals surface area contributed by atoms with Crippen LogP contribution in [-0.2, 0) is 11.3 Å². The summed E-state index contributed by atoms with van der Waals surface area (Å²) in [5.41, 5.74) is 7.22. The highest BCUT2D eigenvalue weighted by Crippen LogP contribution is 2.56. The van der Waals surface area contributed by atoms with E-state index in [2.05, 4.69) is 27.0 Å². The molecule has 3 N–H and O–H groups in total. The molecule has 3 rings (SSSR count). The smallest absolute Gasteiger partial charge is 0.224 e. The zero-order valence-electron chi connectivity index (χ0n) is 11.8. The monoisotopic (exact) mass is 293 g/mol. The number of hydrogen-bond donors (Lipinski definition) is 2. The Kier molecular flexibility index (Phi) is 4.10. The summed E-state index contributed by atoms with van der Waals surface area (Å²) in [6.45, 7) is 3.38. The number of hydrogen-bond acceptors (Lipinski definition) is 4. The number of nitrogens with two attached hydrogens (primary N) is 1. The van der Waals surface area contributed by atoms with Crippen LogP contribution in [0.2, 0.25) is 0 Å². The fraction of sp³-hybridized carbons (Fsp3) is 0.667. The molecule has 1 saturated heterocycles. The van der Waals surface area contributed by atoms with Crippen LogP contribution >= 0.6 is 11.3 Å². The van der Waals surface area contributed by atoms with Gasteiger partial charge in [0.2, 0.25) is 5.91 Å². The lowest BCUT2D eigenvalue weighted by molar-refractivity contribution is -0.132. The van der Waals surface area contributed by atoms with Crippen molar-refractivity contribution in [3.8, 4) is 0 Å². The van der Waals surface area contributed by atoms with Crippen LogP contribution in [0.3, 0.4) is 0 Å². The maximum atomic E-state index is 12.4. The zero-order valence-corrected chi connectivity index (χ0v) is 12.6. The highest BCUT2D eigenvalue weighted by molar-refractivity contribution is 7.07. The first-order valence-corrected chi connectivity index (χ1v) is 8.41. The summed E-state index contributed by atoms with van der Waals surface area (Å²) < 4.78 is 0. The molecule has 2 aliphatic rings. The Balaban J connectivity index is 1.71. The molecule has 2 fully saturated rings. The summed E-state index contributed by atoms with van der Waals surface area (Å²) in [7, 11) is 0. The Labute approximate surface area is 124 Å². The number of nitrogens with one attached hydrogen (secondary N) is 1. The lowest BCUT2D eigenvalue weighted by atomic mass is 9.93. The van der Waals surface area contributed by atoms with E-state index in [0.717, 1.165) is 19.6 Å². The number of piperidine rings is 1. The second kappa shape index (κ2) is 5.84. The Morgan fingerprint density at radius 2 is 2.30 bits per heavy atom. The van der Waals surface area contributed by atoms with E-state index in [0.29, 0.717) is 24.4 Å². The second-order valence-corrected chi connectivity index (χ2v) is 6.80. The summed E-state index contributed by atoms with van der Waals surface area (Å²) in [4.78, 5) is 14.5. The molecular weight excluding hydrogens is 270 g/mol. The van der Waals surface area contributed by atoms with Crippen molar-refractivity contribution in [3.63, 3.8) is 0 Å². The molecule has 1 unspecified atom stereocenters. The summed E-state index contributed by atoms with van der Waals surface area (Å²) in [5.74, 6) is 0.221. The molecule has 110 valence electrons. The van der Waals surface area contributed by atoms with Gasteiger partial charge >= 0.3 is 0 Å². The van der Waals surface area contributed by atoms with E-state index in [-0.39, 0.29) is 5.91 Å². The van der Waals surface area contributed by atoms with Gasteiger partial charge in [-0.2, -0.15) is 11.3 Å². The first-order valence-electron chi connectivity index (χ1n) is 7.46. The number of carbonyl (C=O) groups is 1. The molecule has 1 saturated carbocycles. The molecule has 1 aromatic heterocycles. The number of thiophene rings is 1. The van der Waals surface area contributed by atoms with Gasteiger partial charge < -0.3 is 16.0 Å². The minimum absolute atomic E-state index is 0.221. The van der Waals surface area contributed by atoms with Gasteiger partial charge in [-0.25, -0.2) is 0 Å². The predicted octanol–water partition coefficient (Wildman–Crippen LogP) is 1.57. The van der Waals surface area contributed by atoms with Gasteiger partial charge in [0.05, 0.1) is 0 Å². The third-order valence-corrected chi connectivity index (χ3v) is 5.47. The van der Waals surface area contributed by atoms with Crippen molar-refractivity contribution < 1.29 is 4.79 Å². The SMILES string of the molecule is NCCC(=O)N(Cc1ccsc1)C1CC12CCNCC2. The number of nitrogens with zero attached hydrogens (tertiary/aromatic N) is 1. The third kappa shape index (κ3) is 2.75. The largest absolute Gasteiger partial charge is 0.335 e. The fourth-order valence-corrected chi connectivity index (χ4v) is 4.11. The average molecular weight is 293 g/mol. The molecule has 2 heterocycles. The molecule has 20 heavy (non-hydrogen) atoms. The lowest BCUT2D eigenvalue weighted by Crippen LogP contribution is -2.39. The number of rotatable bonds is 5. The Hall–Kier alpha value is -0.910. The van der Waals surface area contributed by atoms with Gasteiger partial charge in [-0.05, 0) is 60.2 Å². The Morgan fingerprint density at radius 3 is 2.95 bits per heavy atom. The minimum Gasteiger partial charge on any atom is -0.335 e. The van der Waals surface area contributed by atoms with Crippen LogP contribution in [0.15, 0.2) is 16.8 Å². The van der Waals surface area contributed by atoms with Crippen LogP contribution in [0.4, 0.5) is 0 Å². The fourth-order valence-electron chi connectivity index (χ4n) is 3.45. The number of carbonyl (C=O) groups excluding carboxylic acids is 1. The van der Waals surface area contributed by atoms with Gasteiger partial charge in [0.1, 0.15) is 0 Å². The number of amides is 1. The Bertz CT molecular complexity index is 454. The molecule has 1 spiro atoms. The van der Waals surface area contributed by atoms with Gasteiger partial charge in [-0.3, -0.25) is 4.79 Å². The van der Waals surface area contributed by atoms with Gasteiger partial charge in [0.25, 0.3) is 0 Å². The predicted molar refractivity (Wildman–Crippen MR) is 81.5 cm³/mol. The van der Waals surface area contributed by atoms with Crippen LogP contribution in [0.5, 0.6) is 0 Å². The Morgan fingerprint density at radius 1 is 1.50 bits per heavy atom. The van der Waals surface area contributed by atoms with Crippen LogP contribution in [0.25, 0.3) is 0 Å². The van der Waals surface area contributed by atoms with Crippen molar-refractivity contribution in [3.05, 3.63) is 22.4 Å². The van der Waals surface area contributed by atoms with Crippen molar-refractivity contribution in [2.24, 2.45) is 11.1 Å². The molecule has 0 bridgehead atoms. The maximum Gasteiger partial charge on any atom is 0.224 e. The van der Waals surface area contributed by atoms with Crippen LogP contribution in [0, 0.1) is 5.41 Å². The molecule has 1 atom stereocenters. The van der Waals surface area contributed by atoms with Crippen molar-refractivity contribution in [2.45, 2.75) is 38.3 Å².